The molecule has 19 heavy (non-hydrogen) atoms. The highest BCUT2D eigenvalue weighted by Crippen LogP contribution is 2.25. The number of hydrogen-bond acceptors (Lipinski definition) is 3. The molecule has 0 aromatic carbocycles. The van der Waals surface area contributed by atoms with Gasteiger partial charge in [0.1, 0.15) is 5.82 Å². The van der Waals surface area contributed by atoms with Gasteiger partial charge >= 0.3 is 0 Å². The van der Waals surface area contributed by atoms with Gasteiger partial charge in [-0.15, -0.1) is 0 Å². The maximum atomic E-state index is 4.54. The molecular formula is C16H27N3. The zero-order valence-corrected chi connectivity index (χ0v) is 12.4. The molecule has 0 saturated carbocycles. The van der Waals surface area contributed by atoms with E-state index in [0.29, 0.717) is 0 Å². The molecule has 1 fully saturated rings. The lowest BCUT2D eigenvalue weighted by Crippen LogP contribution is -2.34. The highest BCUT2D eigenvalue weighted by atomic mass is 15.2. The van der Waals surface area contributed by atoms with Crippen molar-refractivity contribution in [2.75, 3.05) is 24.5 Å². The van der Waals surface area contributed by atoms with E-state index in [-0.39, 0.29) is 0 Å². The summed E-state index contributed by atoms with van der Waals surface area (Å²) in [5.74, 6) is 2.09. The van der Waals surface area contributed by atoms with Crippen molar-refractivity contribution in [3.8, 4) is 0 Å². The molecule has 0 amide bonds. The molecule has 1 aliphatic heterocycles. The summed E-state index contributed by atoms with van der Waals surface area (Å²) in [6.07, 6.45) is 7.31. The summed E-state index contributed by atoms with van der Waals surface area (Å²) in [7, 11) is 0. The maximum absolute atomic E-state index is 4.54. The second-order valence-corrected chi connectivity index (χ2v) is 5.52. The van der Waals surface area contributed by atoms with Crippen LogP contribution < -0.4 is 10.2 Å². The number of nitrogens with zero attached hydrogens (tertiary/aromatic N) is 2. The van der Waals surface area contributed by atoms with E-state index >= 15 is 0 Å². The van der Waals surface area contributed by atoms with Crippen LogP contribution in [0.1, 0.15) is 45.1 Å². The Kier molecular flexibility index (Phi) is 5.64. The van der Waals surface area contributed by atoms with Crippen molar-refractivity contribution in [2.24, 2.45) is 5.92 Å². The molecule has 106 valence electrons. The highest BCUT2D eigenvalue weighted by molar-refractivity contribution is 5.41. The van der Waals surface area contributed by atoms with E-state index in [4.69, 9.17) is 0 Å². The van der Waals surface area contributed by atoms with Crippen LogP contribution >= 0.6 is 0 Å². The van der Waals surface area contributed by atoms with Crippen LogP contribution in [0.5, 0.6) is 0 Å². The van der Waals surface area contributed by atoms with Crippen molar-refractivity contribution < 1.29 is 0 Å². The van der Waals surface area contributed by atoms with E-state index in [0.717, 1.165) is 24.8 Å². The third-order valence-electron chi connectivity index (χ3n) is 4.02. The van der Waals surface area contributed by atoms with E-state index in [1.54, 1.807) is 0 Å². The molecule has 0 radical (unpaired) electrons. The Balaban J connectivity index is 1.91. The van der Waals surface area contributed by atoms with E-state index in [9.17, 15) is 0 Å². The van der Waals surface area contributed by atoms with Gasteiger partial charge in [0.05, 0.1) is 0 Å². The standard InChI is InChI=1S/C16H27N3/c1-3-5-14-7-10-19(11-8-14)16-12-15(6-9-18-16)13-17-4-2/h6,9,12,14,17H,3-5,7-8,10-11,13H2,1-2H3. The highest BCUT2D eigenvalue weighted by Gasteiger charge is 2.19. The SMILES string of the molecule is CCCC1CCN(c2cc(CNCC)ccn2)CC1. The first kappa shape index (κ1) is 14.3. The lowest BCUT2D eigenvalue weighted by Gasteiger charge is -2.32. The average molecular weight is 261 g/mol. The van der Waals surface area contributed by atoms with Crippen LogP contribution in [0, 0.1) is 5.92 Å². The Morgan fingerprint density at radius 3 is 2.79 bits per heavy atom. The topological polar surface area (TPSA) is 28.2 Å². The molecule has 0 unspecified atom stereocenters. The maximum Gasteiger partial charge on any atom is 0.128 e. The van der Waals surface area contributed by atoms with Crippen molar-refractivity contribution in [3.05, 3.63) is 23.9 Å². The zero-order valence-electron chi connectivity index (χ0n) is 12.4. The van der Waals surface area contributed by atoms with Crippen LogP contribution in [0.3, 0.4) is 0 Å². The number of aromatic nitrogens is 1. The van der Waals surface area contributed by atoms with Gasteiger partial charge in [0, 0.05) is 25.8 Å². The lowest BCUT2D eigenvalue weighted by molar-refractivity contribution is 0.377. The summed E-state index contributed by atoms with van der Waals surface area (Å²) >= 11 is 0. The van der Waals surface area contributed by atoms with Gasteiger partial charge in [-0.1, -0.05) is 26.7 Å². The van der Waals surface area contributed by atoms with Crippen LogP contribution in [-0.2, 0) is 6.54 Å². The van der Waals surface area contributed by atoms with Crippen molar-refractivity contribution >= 4 is 5.82 Å². The van der Waals surface area contributed by atoms with Crippen LogP contribution in [0.2, 0.25) is 0 Å². The Labute approximate surface area is 117 Å². The molecule has 3 heteroatoms. The van der Waals surface area contributed by atoms with Crippen molar-refractivity contribution in [1.82, 2.24) is 10.3 Å². The summed E-state index contributed by atoms with van der Waals surface area (Å²) in [6.45, 7) is 8.72. The van der Waals surface area contributed by atoms with E-state index < -0.39 is 0 Å². The molecule has 0 aliphatic carbocycles. The molecule has 2 rings (SSSR count). The number of piperidine rings is 1. The molecule has 1 aromatic rings. The minimum absolute atomic E-state index is 0.936. The number of rotatable bonds is 6. The third kappa shape index (κ3) is 4.20. The molecule has 1 N–H and O–H groups in total. The predicted octanol–water partition coefficient (Wildman–Crippen LogP) is 3.21. The van der Waals surface area contributed by atoms with Crippen molar-refractivity contribution in [1.29, 1.82) is 0 Å². The largest absolute Gasteiger partial charge is 0.357 e. The number of anilines is 1. The predicted molar refractivity (Wildman–Crippen MR) is 81.5 cm³/mol. The van der Waals surface area contributed by atoms with Gasteiger partial charge in [-0.05, 0) is 43.0 Å². The van der Waals surface area contributed by atoms with E-state index in [1.807, 2.05) is 6.20 Å². The third-order valence-corrected chi connectivity index (χ3v) is 4.02. The average Bonchev–Trinajstić information content (AvgIpc) is 2.46. The molecule has 3 nitrogen and oxygen atoms in total. The quantitative estimate of drug-likeness (QED) is 0.852. The first-order chi connectivity index (χ1) is 9.33. The van der Waals surface area contributed by atoms with Gasteiger partial charge in [-0.3, -0.25) is 0 Å². The Bertz CT molecular complexity index is 370. The summed E-state index contributed by atoms with van der Waals surface area (Å²) in [4.78, 5) is 6.99. The molecular weight excluding hydrogens is 234 g/mol. The molecule has 0 atom stereocenters. The number of pyridine rings is 1. The fourth-order valence-electron chi connectivity index (χ4n) is 2.87. The van der Waals surface area contributed by atoms with Crippen LogP contribution in [0.4, 0.5) is 5.82 Å². The van der Waals surface area contributed by atoms with Gasteiger partial charge in [0.2, 0.25) is 0 Å². The normalized spacial score (nSPS) is 16.8. The van der Waals surface area contributed by atoms with Gasteiger partial charge < -0.3 is 10.2 Å². The van der Waals surface area contributed by atoms with E-state index in [2.05, 4.69) is 41.2 Å². The Morgan fingerprint density at radius 2 is 2.11 bits per heavy atom. The molecule has 1 aliphatic rings. The van der Waals surface area contributed by atoms with E-state index in [1.165, 1.54) is 44.3 Å². The summed E-state index contributed by atoms with van der Waals surface area (Å²) in [5, 5.41) is 3.37. The second-order valence-electron chi connectivity index (χ2n) is 5.52. The molecule has 0 spiro atoms. The summed E-state index contributed by atoms with van der Waals surface area (Å²) in [6, 6.07) is 4.35. The van der Waals surface area contributed by atoms with Crippen LogP contribution in [0.15, 0.2) is 18.3 Å². The molecule has 0 bridgehead atoms. The zero-order chi connectivity index (χ0) is 13.5. The second kappa shape index (κ2) is 7.49. The lowest BCUT2D eigenvalue weighted by atomic mass is 9.92. The summed E-state index contributed by atoms with van der Waals surface area (Å²) in [5.41, 5.74) is 1.34. The summed E-state index contributed by atoms with van der Waals surface area (Å²) < 4.78 is 0. The minimum Gasteiger partial charge on any atom is -0.357 e. The first-order valence-electron chi connectivity index (χ1n) is 7.74. The molecule has 1 saturated heterocycles. The number of nitrogens with one attached hydrogen (secondary N) is 1. The first-order valence-corrected chi connectivity index (χ1v) is 7.74. The molecule has 2 heterocycles. The molecule has 1 aromatic heterocycles. The Morgan fingerprint density at radius 1 is 1.32 bits per heavy atom. The Hall–Kier alpha value is -1.09. The number of hydrogen-bond donors (Lipinski definition) is 1. The van der Waals surface area contributed by atoms with Gasteiger partial charge in [0.25, 0.3) is 0 Å². The monoisotopic (exact) mass is 261 g/mol. The van der Waals surface area contributed by atoms with Gasteiger partial charge in [0.15, 0.2) is 0 Å². The fourth-order valence-corrected chi connectivity index (χ4v) is 2.87. The van der Waals surface area contributed by atoms with Gasteiger partial charge in [-0.25, -0.2) is 4.98 Å². The smallest absolute Gasteiger partial charge is 0.128 e. The van der Waals surface area contributed by atoms with Crippen LogP contribution in [0.25, 0.3) is 0 Å². The van der Waals surface area contributed by atoms with Crippen molar-refractivity contribution in [3.63, 3.8) is 0 Å². The van der Waals surface area contributed by atoms with Crippen molar-refractivity contribution in [2.45, 2.75) is 46.1 Å². The van der Waals surface area contributed by atoms with Crippen LogP contribution in [-0.4, -0.2) is 24.6 Å². The minimum atomic E-state index is 0.936. The fraction of sp³-hybridized carbons (Fsp3) is 0.688. The van der Waals surface area contributed by atoms with Gasteiger partial charge in [-0.2, -0.15) is 0 Å².